The zero-order chi connectivity index (χ0) is 17.9. The SMILES string of the molecule is CS(=O)(=O)Oc1ccc2c(c1)C13CCCCC1C(C2)N(CC1CC1)CC3. The third-order valence-electron chi connectivity index (χ3n) is 7.36. The molecule has 5 heteroatoms. The molecule has 0 N–H and O–H groups in total. The Bertz CT molecular complexity index is 817. The van der Waals surface area contributed by atoms with Gasteiger partial charge in [0, 0.05) is 18.0 Å². The van der Waals surface area contributed by atoms with Crippen LogP contribution in [-0.4, -0.2) is 38.7 Å². The molecule has 4 nitrogen and oxygen atoms in total. The average Bonchev–Trinajstić information content (AvgIpc) is 3.40. The molecule has 1 aliphatic heterocycles. The first-order chi connectivity index (χ1) is 12.4. The molecule has 3 aliphatic carbocycles. The van der Waals surface area contributed by atoms with Crippen LogP contribution in [0.1, 0.15) is 56.1 Å². The monoisotopic (exact) mass is 375 g/mol. The second-order valence-electron chi connectivity index (χ2n) is 9.07. The molecule has 1 saturated heterocycles. The van der Waals surface area contributed by atoms with Gasteiger partial charge in [0.2, 0.25) is 0 Å². The average molecular weight is 376 g/mol. The molecule has 2 saturated carbocycles. The minimum atomic E-state index is -3.48. The van der Waals surface area contributed by atoms with Crippen LogP contribution in [0.25, 0.3) is 0 Å². The summed E-state index contributed by atoms with van der Waals surface area (Å²) in [5.74, 6) is 2.16. The first-order valence-corrected chi connectivity index (χ1v) is 12.0. The maximum absolute atomic E-state index is 11.6. The number of benzene rings is 1. The number of rotatable bonds is 4. The maximum atomic E-state index is 11.6. The van der Waals surface area contributed by atoms with E-state index in [1.807, 2.05) is 6.07 Å². The lowest BCUT2D eigenvalue weighted by Gasteiger charge is -2.59. The number of fused-ring (bicyclic) bond motifs is 1. The fourth-order valence-corrected chi connectivity index (χ4v) is 6.60. The van der Waals surface area contributed by atoms with Crippen LogP contribution in [0, 0.1) is 11.8 Å². The number of nitrogens with zero attached hydrogens (tertiary/aromatic N) is 1. The van der Waals surface area contributed by atoms with Crippen molar-refractivity contribution in [3.8, 4) is 5.75 Å². The van der Waals surface area contributed by atoms with Crippen molar-refractivity contribution in [2.75, 3.05) is 19.3 Å². The highest BCUT2D eigenvalue weighted by Crippen LogP contribution is 2.56. The summed E-state index contributed by atoms with van der Waals surface area (Å²) in [5, 5.41) is 0. The third-order valence-corrected chi connectivity index (χ3v) is 7.86. The maximum Gasteiger partial charge on any atom is 0.306 e. The molecule has 2 bridgehead atoms. The third kappa shape index (κ3) is 2.88. The minimum Gasteiger partial charge on any atom is -0.383 e. The zero-order valence-corrected chi connectivity index (χ0v) is 16.4. The Morgan fingerprint density at radius 3 is 2.81 bits per heavy atom. The molecule has 0 amide bonds. The van der Waals surface area contributed by atoms with Gasteiger partial charge in [-0.15, -0.1) is 0 Å². The van der Waals surface area contributed by atoms with Gasteiger partial charge in [0.15, 0.2) is 0 Å². The summed E-state index contributed by atoms with van der Waals surface area (Å²) in [5.41, 5.74) is 3.06. The minimum absolute atomic E-state index is 0.243. The molecule has 3 unspecified atom stereocenters. The highest BCUT2D eigenvalue weighted by Gasteiger charge is 2.54. The molecule has 3 fully saturated rings. The van der Waals surface area contributed by atoms with Crippen molar-refractivity contribution in [2.24, 2.45) is 11.8 Å². The molecule has 0 radical (unpaired) electrons. The van der Waals surface area contributed by atoms with Crippen molar-refractivity contribution in [3.63, 3.8) is 0 Å². The van der Waals surface area contributed by atoms with Crippen LogP contribution in [0.5, 0.6) is 5.75 Å². The van der Waals surface area contributed by atoms with E-state index in [1.165, 1.54) is 69.2 Å². The molecule has 3 atom stereocenters. The molecule has 1 aromatic carbocycles. The van der Waals surface area contributed by atoms with Gasteiger partial charge >= 0.3 is 10.1 Å². The highest BCUT2D eigenvalue weighted by molar-refractivity contribution is 7.86. The predicted molar refractivity (Wildman–Crippen MR) is 102 cm³/mol. The Morgan fingerprint density at radius 2 is 2.04 bits per heavy atom. The van der Waals surface area contributed by atoms with E-state index >= 15 is 0 Å². The van der Waals surface area contributed by atoms with E-state index in [2.05, 4.69) is 17.0 Å². The first kappa shape index (κ1) is 17.1. The van der Waals surface area contributed by atoms with Gasteiger partial charge in [0.1, 0.15) is 5.75 Å². The largest absolute Gasteiger partial charge is 0.383 e. The van der Waals surface area contributed by atoms with Crippen molar-refractivity contribution in [3.05, 3.63) is 29.3 Å². The number of hydrogen-bond acceptors (Lipinski definition) is 4. The van der Waals surface area contributed by atoms with Crippen LogP contribution in [0.4, 0.5) is 0 Å². The van der Waals surface area contributed by atoms with E-state index in [9.17, 15) is 8.42 Å². The lowest BCUT2D eigenvalue weighted by atomic mass is 9.52. The molecular weight excluding hydrogens is 346 g/mol. The molecular formula is C21H29NO3S. The predicted octanol–water partition coefficient (Wildman–Crippen LogP) is 3.49. The molecule has 142 valence electrons. The highest BCUT2D eigenvalue weighted by atomic mass is 32.2. The molecule has 4 aliphatic rings. The summed E-state index contributed by atoms with van der Waals surface area (Å²) in [4.78, 5) is 2.80. The fourth-order valence-electron chi connectivity index (χ4n) is 6.15. The van der Waals surface area contributed by atoms with Crippen LogP contribution in [0.2, 0.25) is 0 Å². The Kier molecular flexibility index (Phi) is 3.91. The standard InChI is InChI=1S/C21H29NO3S/c1-26(23,24)25-17-8-7-16-12-20-18-4-2-3-9-21(18,19(16)13-17)10-11-22(20)14-15-5-6-15/h7-8,13,15,18,20H,2-6,9-12,14H2,1H3. The summed E-state index contributed by atoms with van der Waals surface area (Å²) >= 11 is 0. The van der Waals surface area contributed by atoms with E-state index in [1.54, 1.807) is 0 Å². The summed E-state index contributed by atoms with van der Waals surface area (Å²) in [6.45, 7) is 2.50. The van der Waals surface area contributed by atoms with Gasteiger partial charge in [-0.3, -0.25) is 4.90 Å². The molecule has 26 heavy (non-hydrogen) atoms. The van der Waals surface area contributed by atoms with Crippen LogP contribution in [-0.2, 0) is 22.0 Å². The Labute approximate surface area is 157 Å². The van der Waals surface area contributed by atoms with Crippen LogP contribution in [0.3, 0.4) is 0 Å². The van der Waals surface area contributed by atoms with E-state index in [-0.39, 0.29) is 5.41 Å². The van der Waals surface area contributed by atoms with Crippen molar-refractivity contribution in [2.45, 2.75) is 62.8 Å². The Morgan fingerprint density at radius 1 is 1.19 bits per heavy atom. The van der Waals surface area contributed by atoms with Crippen molar-refractivity contribution >= 4 is 10.1 Å². The van der Waals surface area contributed by atoms with Gasteiger partial charge in [0.05, 0.1) is 6.26 Å². The fraction of sp³-hybridized carbons (Fsp3) is 0.714. The smallest absolute Gasteiger partial charge is 0.306 e. The van der Waals surface area contributed by atoms with E-state index in [4.69, 9.17) is 4.18 Å². The first-order valence-electron chi connectivity index (χ1n) is 10.2. The molecule has 1 heterocycles. The van der Waals surface area contributed by atoms with Gasteiger partial charge < -0.3 is 4.18 Å². The molecule has 1 aromatic rings. The number of piperidine rings is 1. The Hall–Kier alpha value is -1.07. The molecule has 0 aromatic heterocycles. The number of hydrogen-bond donors (Lipinski definition) is 0. The molecule has 5 rings (SSSR count). The van der Waals surface area contributed by atoms with Crippen molar-refractivity contribution < 1.29 is 12.6 Å². The van der Waals surface area contributed by atoms with E-state index in [0.717, 1.165) is 24.5 Å². The van der Waals surface area contributed by atoms with Crippen LogP contribution < -0.4 is 4.18 Å². The van der Waals surface area contributed by atoms with Crippen molar-refractivity contribution in [1.29, 1.82) is 0 Å². The van der Waals surface area contributed by atoms with Crippen LogP contribution >= 0.6 is 0 Å². The lowest BCUT2D eigenvalue weighted by Crippen LogP contribution is -2.61. The van der Waals surface area contributed by atoms with Gasteiger partial charge in [0.25, 0.3) is 0 Å². The van der Waals surface area contributed by atoms with Crippen molar-refractivity contribution in [1.82, 2.24) is 4.90 Å². The second kappa shape index (κ2) is 5.96. The van der Waals surface area contributed by atoms with Gasteiger partial charge in [-0.25, -0.2) is 0 Å². The zero-order valence-electron chi connectivity index (χ0n) is 15.6. The lowest BCUT2D eigenvalue weighted by molar-refractivity contribution is -0.0134. The second-order valence-corrected chi connectivity index (χ2v) is 10.6. The normalized spacial score (nSPS) is 34.0. The van der Waals surface area contributed by atoms with E-state index < -0.39 is 10.1 Å². The van der Waals surface area contributed by atoms with Gasteiger partial charge in [-0.05, 0) is 80.2 Å². The quantitative estimate of drug-likeness (QED) is 0.756. The summed E-state index contributed by atoms with van der Waals surface area (Å²) < 4.78 is 28.4. The summed E-state index contributed by atoms with van der Waals surface area (Å²) in [6.07, 6.45) is 11.5. The van der Waals surface area contributed by atoms with Crippen LogP contribution in [0.15, 0.2) is 18.2 Å². The van der Waals surface area contributed by atoms with Gasteiger partial charge in [-0.2, -0.15) is 8.42 Å². The topological polar surface area (TPSA) is 46.6 Å². The number of likely N-dealkylation sites (tertiary alicyclic amines) is 1. The summed E-state index contributed by atoms with van der Waals surface area (Å²) in [7, 11) is -3.48. The van der Waals surface area contributed by atoms with E-state index in [0.29, 0.717) is 11.8 Å². The Balaban J connectivity index is 1.54. The summed E-state index contributed by atoms with van der Waals surface area (Å²) in [6, 6.07) is 6.72. The van der Waals surface area contributed by atoms with Gasteiger partial charge in [-0.1, -0.05) is 18.9 Å². The molecule has 0 spiro atoms.